The molecule has 0 radical (unpaired) electrons. The van der Waals surface area contributed by atoms with Gasteiger partial charge in [0.25, 0.3) is 10.0 Å². The second kappa shape index (κ2) is 6.60. The molecule has 0 aliphatic heterocycles. The first-order valence-corrected chi connectivity index (χ1v) is 8.99. The zero-order chi connectivity index (χ0) is 18.9. The summed E-state index contributed by atoms with van der Waals surface area (Å²) in [6.07, 6.45) is 1.45. The van der Waals surface area contributed by atoms with E-state index in [0.717, 1.165) is 16.1 Å². The average Bonchev–Trinajstić information content (AvgIpc) is 3.00. The van der Waals surface area contributed by atoms with Gasteiger partial charge in [-0.25, -0.2) is 16.8 Å². The first-order chi connectivity index (χ1) is 12.3. The Balaban J connectivity index is 2.23. The Morgan fingerprint density at radius 3 is 2.35 bits per heavy atom. The summed E-state index contributed by atoms with van der Waals surface area (Å²) < 4.78 is 40.3. The molecule has 0 saturated heterocycles. The van der Waals surface area contributed by atoms with Gasteiger partial charge < -0.3 is 11.5 Å². The highest BCUT2D eigenvalue weighted by atomic mass is 32.2. The molecule has 0 aliphatic rings. The van der Waals surface area contributed by atoms with Gasteiger partial charge in [-0.2, -0.15) is 5.10 Å². The van der Waals surface area contributed by atoms with Crippen molar-refractivity contribution in [2.45, 2.75) is 11.8 Å². The lowest BCUT2D eigenvalue weighted by Crippen LogP contribution is -2.22. The van der Waals surface area contributed by atoms with E-state index in [1.54, 1.807) is 31.2 Å². The number of rotatable bonds is 4. The van der Waals surface area contributed by atoms with E-state index in [-0.39, 0.29) is 10.9 Å². The van der Waals surface area contributed by atoms with Gasteiger partial charge in [-0.15, -0.1) is 5.10 Å². The molecule has 3 aromatic rings. The topological polar surface area (TPSA) is 116 Å². The maximum absolute atomic E-state index is 13.1. The van der Waals surface area contributed by atoms with Gasteiger partial charge in [-0.05, 0) is 37.3 Å². The molecule has 1 aromatic heterocycles. The monoisotopic (exact) mass is 373 g/mol. The summed E-state index contributed by atoms with van der Waals surface area (Å²) in [7, 11) is -3.92. The molecule has 0 saturated carbocycles. The first-order valence-electron chi connectivity index (χ1n) is 7.55. The number of nitrogens with zero attached hydrogens (tertiary/aromatic N) is 3. The lowest BCUT2D eigenvalue weighted by Gasteiger charge is -2.07. The minimum atomic E-state index is -3.92. The van der Waals surface area contributed by atoms with Crippen LogP contribution in [0.2, 0.25) is 0 Å². The molecule has 3 rings (SSSR count). The van der Waals surface area contributed by atoms with Crippen LogP contribution >= 0.6 is 0 Å². The lowest BCUT2D eigenvalue weighted by atomic mass is 10.1. The van der Waals surface area contributed by atoms with Crippen molar-refractivity contribution in [1.29, 1.82) is 0 Å². The zero-order valence-electron chi connectivity index (χ0n) is 13.8. The molecular formula is C17H16FN5O2S. The van der Waals surface area contributed by atoms with Crippen molar-refractivity contribution >= 4 is 32.6 Å². The molecule has 0 fully saturated rings. The van der Waals surface area contributed by atoms with Gasteiger partial charge in [0, 0.05) is 17.1 Å². The third-order valence-corrected chi connectivity index (χ3v) is 5.44. The van der Waals surface area contributed by atoms with Crippen LogP contribution in [0.3, 0.4) is 0 Å². The number of guanidine groups is 1. The molecule has 7 nitrogen and oxygen atoms in total. The van der Waals surface area contributed by atoms with Crippen molar-refractivity contribution in [2.24, 2.45) is 21.7 Å². The van der Waals surface area contributed by atoms with E-state index in [0.29, 0.717) is 22.2 Å². The first kappa shape index (κ1) is 17.6. The minimum Gasteiger partial charge on any atom is -0.369 e. The van der Waals surface area contributed by atoms with Crippen molar-refractivity contribution < 1.29 is 12.8 Å². The smallest absolute Gasteiger partial charge is 0.268 e. The summed E-state index contributed by atoms with van der Waals surface area (Å²) >= 11 is 0. The number of hydrogen-bond donors (Lipinski definition) is 2. The van der Waals surface area contributed by atoms with Crippen molar-refractivity contribution in [1.82, 2.24) is 3.97 Å². The molecule has 0 unspecified atom stereocenters. The van der Waals surface area contributed by atoms with E-state index in [1.165, 1.54) is 18.3 Å². The van der Waals surface area contributed by atoms with Crippen molar-refractivity contribution in [3.8, 4) is 0 Å². The molecule has 9 heteroatoms. The van der Waals surface area contributed by atoms with E-state index >= 15 is 0 Å². The molecule has 0 aliphatic carbocycles. The second-order valence-electron chi connectivity index (χ2n) is 5.52. The fraction of sp³-hybridized carbons (Fsp3) is 0.0588. The number of halogens is 1. The lowest BCUT2D eigenvalue weighted by molar-refractivity contribution is 0.588. The Kier molecular flexibility index (Phi) is 4.47. The molecule has 1 heterocycles. The Morgan fingerprint density at radius 2 is 1.69 bits per heavy atom. The SMILES string of the molecule is CC(=NN=C(N)N)c1cn(S(=O)(=O)c2ccc(F)cc2)c2ccccc12. The number of nitrogens with two attached hydrogens (primary N) is 2. The van der Waals surface area contributed by atoms with Crippen LogP contribution in [0, 0.1) is 5.82 Å². The standard InChI is InChI=1S/C17H16FN5O2S/c1-11(21-22-17(19)20)15-10-23(16-5-3-2-4-14(15)16)26(24,25)13-8-6-12(18)7-9-13/h2-10H,1H3,(H4,19,20,22). The minimum absolute atomic E-state index is 0.0231. The van der Waals surface area contributed by atoms with Gasteiger partial charge in [0.15, 0.2) is 0 Å². The Labute approximate surface area is 149 Å². The predicted octanol–water partition coefficient (Wildman–Crippen LogP) is 2.01. The van der Waals surface area contributed by atoms with Crippen LogP contribution in [0.5, 0.6) is 0 Å². The van der Waals surface area contributed by atoms with Gasteiger partial charge in [0.2, 0.25) is 5.96 Å². The van der Waals surface area contributed by atoms with Gasteiger partial charge >= 0.3 is 0 Å². The largest absolute Gasteiger partial charge is 0.369 e. The van der Waals surface area contributed by atoms with E-state index in [1.807, 2.05) is 0 Å². The molecule has 0 amide bonds. The van der Waals surface area contributed by atoms with Crippen LogP contribution in [-0.4, -0.2) is 24.1 Å². The third kappa shape index (κ3) is 3.16. The zero-order valence-corrected chi connectivity index (χ0v) is 14.6. The summed E-state index contributed by atoms with van der Waals surface area (Å²) in [5.41, 5.74) is 12.0. The normalized spacial score (nSPS) is 12.3. The molecule has 0 bridgehead atoms. The maximum atomic E-state index is 13.1. The van der Waals surface area contributed by atoms with Crippen LogP contribution < -0.4 is 11.5 Å². The quantitative estimate of drug-likeness (QED) is 0.413. The van der Waals surface area contributed by atoms with Gasteiger partial charge in [-0.1, -0.05) is 18.2 Å². The molecule has 0 atom stereocenters. The highest BCUT2D eigenvalue weighted by molar-refractivity contribution is 7.90. The van der Waals surface area contributed by atoms with E-state index < -0.39 is 15.8 Å². The highest BCUT2D eigenvalue weighted by Gasteiger charge is 2.22. The van der Waals surface area contributed by atoms with Crippen LogP contribution in [0.1, 0.15) is 12.5 Å². The summed E-state index contributed by atoms with van der Waals surface area (Å²) in [6, 6.07) is 11.6. The predicted molar refractivity (Wildman–Crippen MR) is 98.9 cm³/mol. The molecule has 0 spiro atoms. The Bertz CT molecular complexity index is 1130. The Morgan fingerprint density at radius 1 is 1.04 bits per heavy atom. The Hall–Kier alpha value is -3.20. The second-order valence-corrected chi connectivity index (χ2v) is 7.34. The molecule has 2 aromatic carbocycles. The third-order valence-electron chi connectivity index (χ3n) is 3.75. The molecule has 134 valence electrons. The number of hydrogen-bond acceptors (Lipinski definition) is 4. The maximum Gasteiger partial charge on any atom is 0.268 e. The molecule has 4 N–H and O–H groups in total. The van der Waals surface area contributed by atoms with Crippen molar-refractivity contribution in [3.05, 3.63) is 66.1 Å². The van der Waals surface area contributed by atoms with Crippen LogP contribution in [-0.2, 0) is 10.0 Å². The number of benzene rings is 2. The van der Waals surface area contributed by atoms with E-state index in [2.05, 4.69) is 10.2 Å². The van der Waals surface area contributed by atoms with Crippen molar-refractivity contribution in [3.63, 3.8) is 0 Å². The number of para-hydroxylation sites is 1. The summed E-state index contributed by atoms with van der Waals surface area (Å²) in [6.45, 7) is 1.67. The van der Waals surface area contributed by atoms with Crippen LogP contribution in [0.15, 0.2) is 69.8 Å². The molecule has 26 heavy (non-hydrogen) atoms. The number of fused-ring (bicyclic) bond motifs is 1. The fourth-order valence-corrected chi connectivity index (χ4v) is 3.91. The van der Waals surface area contributed by atoms with E-state index in [4.69, 9.17) is 11.5 Å². The van der Waals surface area contributed by atoms with Gasteiger partial charge in [0.1, 0.15) is 5.82 Å². The molecular weight excluding hydrogens is 357 g/mol. The number of aromatic nitrogens is 1. The summed E-state index contributed by atoms with van der Waals surface area (Å²) in [4.78, 5) is -0.0231. The summed E-state index contributed by atoms with van der Waals surface area (Å²) in [5, 5.41) is 8.20. The van der Waals surface area contributed by atoms with Crippen LogP contribution in [0.4, 0.5) is 4.39 Å². The fourth-order valence-electron chi connectivity index (χ4n) is 2.54. The van der Waals surface area contributed by atoms with Gasteiger partial charge in [0.05, 0.1) is 16.1 Å². The van der Waals surface area contributed by atoms with Crippen LogP contribution in [0.25, 0.3) is 10.9 Å². The van der Waals surface area contributed by atoms with Gasteiger partial charge in [-0.3, -0.25) is 0 Å². The highest BCUT2D eigenvalue weighted by Crippen LogP contribution is 2.26. The average molecular weight is 373 g/mol. The van der Waals surface area contributed by atoms with E-state index in [9.17, 15) is 12.8 Å². The summed E-state index contributed by atoms with van der Waals surface area (Å²) in [5.74, 6) is -0.714. The van der Waals surface area contributed by atoms with Crippen molar-refractivity contribution in [2.75, 3.05) is 0 Å².